The van der Waals surface area contributed by atoms with E-state index in [-0.39, 0.29) is 0 Å². The van der Waals surface area contributed by atoms with Crippen molar-refractivity contribution in [3.05, 3.63) is 134 Å². The number of pyridine rings is 1. The molecule has 0 aliphatic rings. The zero-order valence-electron chi connectivity index (χ0n) is 21.5. The van der Waals surface area contributed by atoms with Gasteiger partial charge in [-0.1, -0.05) is 103 Å². The summed E-state index contributed by atoms with van der Waals surface area (Å²) in [6, 6.07) is 45.1. The molecule has 0 spiro atoms. The van der Waals surface area contributed by atoms with E-state index in [2.05, 4.69) is 126 Å². The number of imidazole rings is 1. The summed E-state index contributed by atoms with van der Waals surface area (Å²) >= 11 is 0. The van der Waals surface area contributed by atoms with Crippen molar-refractivity contribution in [1.29, 1.82) is 0 Å². The van der Waals surface area contributed by atoms with Gasteiger partial charge in [0.15, 0.2) is 5.58 Å². The molecule has 186 valence electrons. The molecule has 40 heavy (non-hydrogen) atoms. The van der Waals surface area contributed by atoms with Gasteiger partial charge in [0.05, 0.1) is 17.2 Å². The van der Waals surface area contributed by atoms with Gasteiger partial charge in [-0.15, -0.1) is 0 Å². The van der Waals surface area contributed by atoms with E-state index in [0.717, 1.165) is 44.0 Å². The number of rotatable bonds is 2. The van der Waals surface area contributed by atoms with Crippen molar-refractivity contribution in [3.63, 3.8) is 0 Å². The van der Waals surface area contributed by atoms with Crippen LogP contribution in [0.15, 0.2) is 138 Å². The average molecular weight is 511 g/mol. The maximum absolute atomic E-state index is 6.25. The number of fused-ring (bicyclic) bond motifs is 11. The van der Waals surface area contributed by atoms with Gasteiger partial charge in [-0.2, -0.15) is 0 Å². The first-order valence-corrected chi connectivity index (χ1v) is 13.6. The molecule has 0 amide bonds. The summed E-state index contributed by atoms with van der Waals surface area (Å²) in [4.78, 5) is 5.18. The number of para-hydroxylation sites is 1. The highest BCUT2D eigenvalue weighted by Gasteiger charge is 2.17. The van der Waals surface area contributed by atoms with Crippen molar-refractivity contribution >= 4 is 60.2 Å². The van der Waals surface area contributed by atoms with Crippen LogP contribution in [0.3, 0.4) is 0 Å². The summed E-state index contributed by atoms with van der Waals surface area (Å²) in [6.45, 7) is 0. The molecule has 9 aromatic rings. The van der Waals surface area contributed by atoms with Gasteiger partial charge in [-0.25, -0.2) is 4.98 Å². The molecule has 3 aromatic heterocycles. The van der Waals surface area contributed by atoms with Crippen LogP contribution in [0, 0.1) is 0 Å². The predicted molar refractivity (Wildman–Crippen MR) is 166 cm³/mol. The molecular weight excluding hydrogens is 488 g/mol. The Hall–Kier alpha value is -5.41. The number of aromatic nitrogens is 2. The first-order valence-electron chi connectivity index (χ1n) is 13.6. The Morgan fingerprint density at radius 2 is 1.15 bits per heavy atom. The molecule has 0 bridgehead atoms. The van der Waals surface area contributed by atoms with E-state index < -0.39 is 0 Å². The summed E-state index contributed by atoms with van der Waals surface area (Å²) in [5.74, 6) is 0. The summed E-state index contributed by atoms with van der Waals surface area (Å²) in [5, 5.41) is 6.97. The van der Waals surface area contributed by atoms with Gasteiger partial charge in [0.1, 0.15) is 11.2 Å². The molecule has 0 aliphatic carbocycles. The summed E-state index contributed by atoms with van der Waals surface area (Å²) in [7, 11) is 0. The maximum atomic E-state index is 6.25. The van der Waals surface area contributed by atoms with E-state index in [4.69, 9.17) is 9.40 Å². The molecule has 3 heterocycles. The van der Waals surface area contributed by atoms with Crippen molar-refractivity contribution in [3.8, 4) is 22.3 Å². The van der Waals surface area contributed by atoms with E-state index in [1.807, 2.05) is 12.1 Å². The Bertz CT molecular complexity index is 2430. The minimum Gasteiger partial charge on any atom is -0.455 e. The number of hydrogen-bond donors (Lipinski definition) is 0. The van der Waals surface area contributed by atoms with Gasteiger partial charge in [0.2, 0.25) is 0 Å². The third-order valence-electron chi connectivity index (χ3n) is 8.17. The van der Waals surface area contributed by atoms with Crippen LogP contribution >= 0.6 is 0 Å². The highest BCUT2D eigenvalue weighted by Crippen LogP contribution is 2.39. The van der Waals surface area contributed by atoms with Crippen LogP contribution in [-0.4, -0.2) is 9.38 Å². The molecule has 0 saturated carbocycles. The number of benzene rings is 6. The van der Waals surface area contributed by atoms with E-state index in [9.17, 15) is 0 Å². The second-order valence-corrected chi connectivity index (χ2v) is 10.4. The minimum atomic E-state index is 0.864. The quantitative estimate of drug-likeness (QED) is 0.217. The number of hydrogen-bond acceptors (Lipinski definition) is 2. The maximum Gasteiger partial charge on any atom is 0.152 e. The van der Waals surface area contributed by atoms with Crippen molar-refractivity contribution < 1.29 is 4.42 Å². The summed E-state index contributed by atoms with van der Waals surface area (Å²) in [6.07, 6.45) is 2.10. The van der Waals surface area contributed by atoms with Crippen LogP contribution in [0.4, 0.5) is 0 Å². The zero-order valence-corrected chi connectivity index (χ0v) is 21.5. The molecule has 0 fully saturated rings. The zero-order chi connectivity index (χ0) is 26.2. The molecule has 0 saturated heterocycles. The lowest BCUT2D eigenvalue weighted by Gasteiger charge is -2.11. The first kappa shape index (κ1) is 21.5. The molecule has 3 heteroatoms. The molecule has 0 radical (unpaired) electrons. The van der Waals surface area contributed by atoms with Crippen molar-refractivity contribution in [1.82, 2.24) is 9.38 Å². The molecule has 0 aliphatic heterocycles. The third-order valence-corrected chi connectivity index (χ3v) is 8.17. The summed E-state index contributed by atoms with van der Waals surface area (Å²) in [5.41, 5.74) is 9.64. The minimum absolute atomic E-state index is 0.864. The Kier molecular flexibility index (Phi) is 4.33. The first-order chi connectivity index (χ1) is 19.8. The lowest BCUT2D eigenvalue weighted by atomic mass is 9.94. The van der Waals surface area contributed by atoms with Gasteiger partial charge in [0.25, 0.3) is 0 Å². The fraction of sp³-hybridized carbons (Fsp3) is 0. The van der Waals surface area contributed by atoms with Crippen LogP contribution in [0.1, 0.15) is 0 Å². The standard InChI is InChI=1S/C37H22N2O/c1-2-9-23(10-3-1)24-11-8-12-25(19-24)26-17-18-30-31(20-26)27-13-4-5-15-29(27)36-37(30)39-22-34-32(21-35(39)38-36)28-14-6-7-16-33(28)40-34/h1-22H. The molecule has 0 N–H and O–H groups in total. The van der Waals surface area contributed by atoms with E-state index in [0.29, 0.717) is 0 Å². The van der Waals surface area contributed by atoms with Crippen molar-refractivity contribution in [2.45, 2.75) is 0 Å². The molecule has 9 rings (SSSR count). The molecule has 0 unspecified atom stereocenters. The molecular formula is C37H22N2O. The third kappa shape index (κ3) is 3.03. The Labute approximate surface area is 229 Å². The van der Waals surface area contributed by atoms with Gasteiger partial charge in [-0.05, 0) is 57.3 Å². The second kappa shape index (κ2) is 8.05. The fourth-order valence-electron chi connectivity index (χ4n) is 6.29. The number of nitrogens with zero attached hydrogens (tertiary/aromatic N) is 2. The van der Waals surface area contributed by atoms with Gasteiger partial charge >= 0.3 is 0 Å². The smallest absolute Gasteiger partial charge is 0.152 e. The van der Waals surface area contributed by atoms with Gasteiger partial charge < -0.3 is 4.42 Å². The average Bonchev–Trinajstić information content (AvgIpc) is 3.58. The topological polar surface area (TPSA) is 30.4 Å². The van der Waals surface area contributed by atoms with E-state index in [1.165, 1.54) is 38.4 Å². The van der Waals surface area contributed by atoms with Crippen LogP contribution in [0.25, 0.3) is 82.4 Å². The highest BCUT2D eigenvalue weighted by molar-refractivity contribution is 6.25. The normalized spacial score (nSPS) is 12.0. The van der Waals surface area contributed by atoms with Crippen molar-refractivity contribution in [2.75, 3.05) is 0 Å². The Balaban J connectivity index is 1.34. The van der Waals surface area contributed by atoms with Gasteiger partial charge in [0, 0.05) is 21.5 Å². The van der Waals surface area contributed by atoms with Crippen LogP contribution < -0.4 is 0 Å². The lowest BCUT2D eigenvalue weighted by molar-refractivity contribution is 0.666. The SMILES string of the molecule is c1ccc(-c2cccc(-c3ccc4c(c3)c3ccccc3c3nc5cc6c(cn5c43)oc3ccccc36)c2)cc1. The van der Waals surface area contributed by atoms with Crippen LogP contribution in [0.2, 0.25) is 0 Å². The largest absolute Gasteiger partial charge is 0.455 e. The molecule has 6 aromatic carbocycles. The van der Waals surface area contributed by atoms with Gasteiger partial charge in [-0.3, -0.25) is 4.40 Å². The van der Waals surface area contributed by atoms with E-state index in [1.54, 1.807) is 0 Å². The van der Waals surface area contributed by atoms with Crippen LogP contribution in [0.5, 0.6) is 0 Å². The van der Waals surface area contributed by atoms with E-state index >= 15 is 0 Å². The second-order valence-electron chi connectivity index (χ2n) is 10.4. The predicted octanol–water partition coefficient (Wildman–Crippen LogP) is 10.0. The lowest BCUT2D eigenvalue weighted by Crippen LogP contribution is -1.88. The van der Waals surface area contributed by atoms with Crippen LogP contribution in [-0.2, 0) is 0 Å². The Morgan fingerprint density at radius 3 is 2.02 bits per heavy atom. The fourth-order valence-corrected chi connectivity index (χ4v) is 6.29. The molecule has 3 nitrogen and oxygen atoms in total. The summed E-state index contributed by atoms with van der Waals surface area (Å²) < 4.78 is 8.45. The Morgan fingerprint density at radius 1 is 0.450 bits per heavy atom. The highest BCUT2D eigenvalue weighted by atomic mass is 16.3. The van der Waals surface area contributed by atoms with Crippen molar-refractivity contribution in [2.24, 2.45) is 0 Å². The number of furan rings is 1. The molecule has 0 atom stereocenters. The monoisotopic (exact) mass is 510 g/mol.